The summed E-state index contributed by atoms with van der Waals surface area (Å²) in [5, 5.41) is 10.6. The van der Waals surface area contributed by atoms with Gasteiger partial charge in [-0.1, -0.05) is 278 Å². The van der Waals surface area contributed by atoms with Gasteiger partial charge < -0.3 is 33.8 Å². The monoisotopic (exact) mass is 1320 g/mol. The highest BCUT2D eigenvalue weighted by atomic mass is 31.2. The smallest absolute Gasteiger partial charge is 0.462 e. The number of ether oxygens (including phenoxy) is 4. The van der Waals surface area contributed by atoms with Crippen LogP contribution in [0.4, 0.5) is 0 Å². The van der Waals surface area contributed by atoms with Gasteiger partial charge in [0, 0.05) is 25.7 Å². The topological polar surface area (TPSA) is 237 Å². The molecule has 0 aliphatic carbocycles. The van der Waals surface area contributed by atoms with E-state index in [9.17, 15) is 43.2 Å². The fourth-order valence-corrected chi connectivity index (χ4v) is 11.8. The number of hydrogen-bond donors (Lipinski definition) is 3. The first-order chi connectivity index (χ1) is 43.2. The third-order valence-corrected chi connectivity index (χ3v) is 17.7. The Kier molecular flexibility index (Phi) is 59.7. The van der Waals surface area contributed by atoms with Crippen LogP contribution in [0.2, 0.25) is 0 Å². The highest BCUT2D eigenvalue weighted by molar-refractivity contribution is 7.47. The van der Waals surface area contributed by atoms with Crippen LogP contribution in [0.25, 0.3) is 0 Å². The van der Waals surface area contributed by atoms with E-state index in [0.717, 1.165) is 121 Å². The van der Waals surface area contributed by atoms with Crippen molar-refractivity contribution >= 4 is 39.5 Å². The standard InChI is InChI=1S/C71H134O17P2/c1-8-9-10-11-12-13-14-15-16-17-18-22-31-38-45-52-68(73)81-58-66(87-70(75)54-47-40-33-23-20-19-21-28-35-42-49-62(2)3)60-85-89(77,78)83-56-65(72)57-84-90(79,80)86-61-67(88-71(76)55-48-41-34-27-25-30-37-44-51-64(6)7)59-82-69(74)53-46-39-32-26-24-29-36-43-50-63(4)5/h13-16,62-67,72H,8-12,17-61H2,1-7H3,(H,77,78)(H,79,80)/b14-13-,16-15-/t65?,66-,67-/m1/s1. The van der Waals surface area contributed by atoms with Crippen LogP contribution in [0, 0.1) is 17.8 Å². The van der Waals surface area contributed by atoms with Crippen molar-refractivity contribution in [2.75, 3.05) is 39.6 Å². The second kappa shape index (κ2) is 61.4. The number of phosphoric ester groups is 2. The van der Waals surface area contributed by atoms with Gasteiger partial charge in [0.2, 0.25) is 0 Å². The van der Waals surface area contributed by atoms with E-state index in [-0.39, 0.29) is 25.7 Å². The number of hydrogen-bond acceptors (Lipinski definition) is 15. The fourth-order valence-electron chi connectivity index (χ4n) is 10.2. The Labute approximate surface area is 548 Å². The molecule has 0 radical (unpaired) electrons. The van der Waals surface area contributed by atoms with Gasteiger partial charge in [0.25, 0.3) is 0 Å². The van der Waals surface area contributed by atoms with Gasteiger partial charge in [-0.05, 0) is 69.1 Å². The average molecular weight is 1320 g/mol. The van der Waals surface area contributed by atoms with Crippen molar-refractivity contribution in [1.29, 1.82) is 0 Å². The van der Waals surface area contributed by atoms with E-state index in [1.807, 2.05) is 0 Å². The second-order valence-corrected chi connectivity index (χ2v) is 29.3. The Bertz CT molecular complexity index is 1860. The van der Waals surface area contributed by atoms with Gasteiger partial charge in [0.15, 0.2) is 12.2 Å². The number of phosphoric acid groups is 2. The largest absolute Gasteiger partial charge is 0.472 e. The lowest BCUT2D eigenvalue weighted by atomic mass is 10.0. The third-order valence-electron chi connectivity index (χ3n) is 15.8. The van der Waals surface area contributed by atoms with Crippen LogP contribution in [0.5, 0.6) is 0 Å². The molecule has 90 heavy (non-hydrogen) atoms. The van der Waals surface area contributed by atoms with E-state index >= 15 is 0 Å². The Hall–Kier alpha value is -2.46. The van der Waals surface area contributed by atoms with Crippen LogP contribution >= 0.6 is 15.6 Å². The molecule has 3 unspecified atom stereocenters. The van der Waals surface area contributed by atoms with Crippen molar-refractivity contribution in [2.24, 2.45) is 17.8 Å². The molecule has 530 valence electrons. The highest BCUT2D eigenvalue weighted by Crippen LogP contribution is 2.45. The highest BCUT2D eigenvalue weighted by Gasteiger charge is 2.30. The zero-order valence-corrected chi connectivity index (χ0v) is 59.9. The van der Waals surface area contributed by atoms with E-state index in [1.165, 1.54) is 122 Å². The summed E-state index contributed by atoms with van der Waals surface area (Å²) in [5.41, 5.74) is 0. The quantitative estimate of drug-likeness (QED) is 0.0169. The Morgan fingerprint density at radius 2 is 0.600 bits per heavy atom. The molecule has 0 heterocycles. The minimum atomic E-state index is -4.96. The number of aliphatic hydroxyl groups excluding tert-OH is 1. The van der Waals surface area contributed by atoms with Gasteiger partial charge in [-0.3, -0.25) is 37.3 Å². The van der Waals surface area contributed by atoms with Crippen LogP contribution in [-0.4, -0.2) is 96.7 Å². The Morgan fingerprint density at radius 1 is 0.344 bits per heavy atom. The molecule has 19 heteroatoms. The van der Waals surface area contributed by atoms with Crippen molar-refractivity contribution in [3.8, 4) is 0 Å². The number of unbranched alkanes of at least 4 members (excludes halogenated alkanes) is 32. The number of allylic oxidation sites excluding steroid dienone is 4. The average Bonchev–Trinajstić information content (AvgIpc) is 3.62. The molecule has 0 aromatic rings. The predicted molar refractivity (Wildman–Crippen MR) is 363 cm³/mol. The molecule has 0 aliphatic heterocycles. The molecule has 0 rings (SSSR count). The molecule has 0 saturated carbocycles. The summed E-state index contributed by atoms with van der Waals surface area (Å²) in [6.45, 7) is 11.7. The minimum absolute atomic E-state index is 0.0985. The number of aliphatic hydroxyl groups is 1. The molecular weight excluding hydrogens is 1190 g/mol. The Balaban J connectivity index is 5.29. The molecule has 0 fully saturated rings. The number of carbonyl (C=O) groups excluding carboxylic acids is 4. The second-order valence-electron chi connectivity index (χ2n) is 26.4. The van der Waals surface area contributed by atoms with Gasteiger partial charge in [-0.2, -0.15) is 0 Å². The van der Waals surface area contributed by atoms with Gasteiger partial charge in [-0.15, -0.1) is 0 Å². The maximum absolute atomic E-state index is 13.0. The van der Waals surface area contributed by atoms with Crippen molar-refractivity contribution < 1.29 is 80.2 Å². The van der Waals surface area contributed by atoms with E-state index in [2.05, 4.69) is 72.8 Å². The molecule has 3 N–H and O–H groups in total. The molecule has 0 aliphatic rings. The van der Waals surface area contributed by atoms with Gasteiger partial charge in [0.1, 0.15) is 19.3 Å². The minimum Gasteiger partial charge on any atom is -0.462 e. The molecule has 5 atom stereocenters. The molecule has 0 amide bonds. The van der Waals surface area contributed by atoms with Crippen molar-refractivity contribution in [3.63, 3.8) is 0 Å². The molecule has 0 aromatic carbocycles. The van der Waals surface area contributed by atoms with Gasteiger partial charge in [-0.25, -0.2) is 9.13 Å². The Morgan fingerprint density at radius 3 is 0.900 bits per heavy atom. The lowest BCUT2D eigenvalue weighted by Crippen LogP contribution is -2.30. The predicted octanol–water partition coefficient (Wildman–Crippen LogP) is 19.8. The van der Waals surface area contributed by atoms with Gasteiger partial charge in [0.05, 0.1) is 26.4 Å². The zero-order valence-electron chi connectivity index (χ0n) is 58.1. The number of esters is 4. The zero-order chi connectivity index (χ0) is 66.6. The van der Waals surface area contributed by atoms with Gasteiger partial charge >= 0.3 is 39.5 Å². The first-order valence-corrected chi connectivity index (χ1v) is 39.2. The summed E-state index contributed by atoms with van der Waals surface area (Å²) in [6.07, 6.45) is 48.1. The summed E-state index contributed by atoms with van der Waals surface area (Å²) in [5.74, 6) is 0.0328. The molecule has 0 bridgehead atoms. The summed E-state index contributed by atoms with van der Waals surface area (Å²) in [7, 11) is -9.91. The van der Waals surface area contributed by atoms with E-state index < -0.39 is 97.5 Å². The van der Waals surface area contributed by atoms with E-state index in [4.69, 9.17) is 37.0 Å². The maximum atomic E-state index is 13.0. The fraction of sp³-hybridized carbons (Fsp3) is 0.887. The maximum Gasteiger partial charge on any atom is 0.472 e. The first kappa shape index (κ1) is 87.5. The van der Waals surface area contributed by atoms with Crippen LogP contribution in [-0.2, 0) is 65.4 Å². The van der Waals surface area contributed by atoms with Crippen LogP contribution < -0.4 is 0 Å². The normalized spacial score (nSPS) is 14.4. The molecule has 0 spiro atoms. The molecule has 17 nitrogen and oxygen atoms in total. The summed E-state index contributed by atoms with van der Waals surface area (Å²) in [4.78, 5) is 72.5. The summed E-state index contributed by atoms with van der Waals surface area (Å²) in [6, 6.07) is 0. The summed E-state index contributed by atoms with van der Waals surface area (Å²) >= 11 is 0. The number of carbonyl (C=O) groups is 4. The van der Waals surface area contributed by atoms with Crippen molar-refractivity contribution in [3.05, 3.63) is 24.3 Å². The van der Waals surface area contributed by atoms with Crippen LogP contribution in [0.15, 0.2) is 24.3 Å². The lowest BCUT2D eigenvalue weighted by molar-refractivity contribution is -0.161. The molecular formula is C71H134O17P2. The van der Waals surface area contributed by atoms with Crippen LogP contribution in [0.1, 0.15) is 331 Å². The lowest BCUT2D eigenvalue weighted by Gasteiger charge is -2.21. The SMILES string of the molecule is CCCCCC/C=C\C=C/CCCCCCCC(=O)OC[C@H](COP(=O)(O)OCC(O)COP(=O)(O)OC[C@@H](COC(=O)CCCCCCCCCCC(C)C)OC(=O)CCCCCCCCCCC(C)C)OC(=O)CCCCCCCCCCCCC(C)C. The van der Waals surface area contributed by atoms with E-state index in [0.29, 0.717) is 31.6 Å². The molecule has 0 aromatic heterocycles. The van der Waals surface area contributed by atoms with E-state index in [1.54, 1.807) is 0 Å². The number of rotatable bonds is 67. The van der Waals surface area contributed by atoms with Crippen LogP contribution in [0.3, 0.4) is 0 Å². The third kappa shape index (κ3) is 64.3. The summed E-state index contributed by atoms with van der Waals surface area (Å²) < 4.78 is 68.3. The van der Waals surface area contributed by atoms with Crippen molar-refractivity contribution in [1.82, 2.24) is 0 Å². The first-order valence-electron chi connectivity index (χ1n) is 36.2. The van der Waals surface area contributed by atoms with Crippen molar-refractivity contribution in [2.45, 2.75) is 349 Å². The molecule has 0 saturated heterocycles.